The molecule has 0 unspecified atom stereocenters. The van der Waals surface area contributed by atoms with Gasteiger partial charge in [0.1, 0.15) is 13.2 Å². The average Bonchev–Trinajstić information content (AvgIpc) is 2.16. The zero-order valence-electron chi connectivity index (χ0n) is 7.49. The number of carbonyl (C=O) groups excluding carboxylic acids is 1. The number of ether oxygens (including phenoxy) is 3. The van der Waals surface area contributed by atoms with Crippen molar-refractivity contribution >= 4 is 6.16 Å². The predicted octanol–water partition coefficient (Wildman–Crippen LogP) is 0.975. The highest BCUT2D eigenvalue weighted by Crippen LogP contribution is 1.83. The molecule has 0 fully saturated rings. The molecule has 0 spiro atoms. The summed E-state index contributed by atoms with van der Waals surface area (Å²) in [6.07, 6.45) is 7.60. The molecule has 4 heteroatoms. The molecule has 13 heavy (non-hydrogen) atoms. The lowest BCUT2D eigenvalue weighted by Gasteiger charge is -1.97. The molecular weight excluding hydrogens is 172 g/mol. The van der Waals surface area contributed by atoms with Crippen molar-refractivity contribution in [1.29, 1.82) is 0 Å². The van der Waals surface area contributed by atoms with Crippen molar-refractivity contribution in [1.82, 2.24) is 0 Å². The van der Waals surface area contributed by atoms with E-state index >= 15 is 0 Å². The van der Waals surface area contributed by atoms with Gasteiger partial charge in [0.15, 0.2) is 0 Å². The van der Waals surface area contributed by atoms with Gasteiger partial charge in [-0.3, -0.25) is 0 Å². The van der Waals surface area contributed by atoms with Crippen molar-refractivity contribution in [2.45, 2.75) is 0 Å². The Balaban J connectivity index is 3.23. The van der Waals surface area contributed by atoms with Crippen molar-refractivity contribution in [3.05, 3.63) is 12.2 Å². The van der Waals surface area contributed by atoms with Crippen molar-refractivity contribution in [3.8, 4) is 12.3 Å². The average molecular weight is 184 g/mol. The summed E-state index contributed by atoms with van der Waals surface area (Å²) in [5, 5.41) is 0. The Hall–Kier alpha value is -1.47. The molecule has 4 nitrogen and oxygen atoms in total. The molecule has 0 aromatic rings. The third-order valence-electron chi connectivity index (χ3n) is 1.03. The van der Waals surface area contributed by atoms with Gasteiger partial charge in [0.25, 0.3) is 0 Å². The van der Waals surface area contributed by atoms with E-state index in [1.165, 1.54) is 7.11 Å². The normalized spacial score (nSPS) is 9.54. The molecule has 0 aliphatic heterocycles. The summed E-state index contributed by atoms with van der Waals surface area (Å²) in [4.78, 5) is 10.4. The summed E-state index contributed by atoms with van der Waals surface area (Å²) in [6.45, 7) is 0.864. The summed E-state index contributed by atoms with van der Waals surface area (Å²) in [7, 11) is 1.25. The molecule has 0 amide bonds. The lowest BCUT2D eigenvalue weighted by Crippen LogP contribution is -2.03. The Morgan fingerprint density at radius 3 is 2.77 bits per heavy atom. The molecule has 0 aromatic carbocycles. The first-order chi connectivity index (χ1) is 6.31. The van der Waals surface area contributed by atoms with Crippen LogP contribution in [0, 0.1) is 12.3 Å². The Kier molecular flexibility index (Phi) is 7.65. The van der Waals surface area contributed by atoms with Gasteiger partial charge in [-0.15, -0.1) is 6.42 Å². The largest absolute Gasteiger partial charge is 0.508 e. The van der Waals surface area contributed by atoms with Crippen LogP contribution in [0.5, 0.6) is 0 Å². The first kappa shape index (κ1) is 11.5. The first-order valence-electron chi connectivity index (χ1n) is 3.68. The van der Waals surface area contributed by atoms with E-state index in [9.17, 15) is 4.79 Å². The number of terminal acetylenes is 1. The van der Waals surface area contributed by atoms with E-state index in [4.69, 9.17) is 11.2 Å². The minimum absolute atomic E-state index is 0.173. The zero-order valence-corrected chi connectivity index (χ0v) is 7.49. The van der Waals surface area contributed by atoms with Crippen LogP contribution in [-0.4, -0.2) is 33.1 Å². The molecule has 72 valence electrons. The highest BCUT2D eigenvalue weighted by Gasteiger charge is 1.94. The molecule has 0 radical (unpaired) electrons. The second-order valence-corrected chi connectivity index (χ2v) is 1.96. The minimum Gasteiger partial charge on any atom is -0.438 e. The lowest BCUT2D eigenvalue weighted by molar-refractivity contribution is 0.0816. The lowest BCUT2D eigenvalue weighted by atomic mass is 10.5. The van der Waals surface area contributed by atoms with Gasteiger partial charge in [0.2, 0.25) is 0 Å². The van der Waals surface area contributed by atoms with Crippen LogP contribution in [0.25, 0.3) is 0 Å². The van der Waals surface area contributed by atoms with Crippen LogP contribution in [0.4, 0.5) is 4.79 Å². The zero-order chi connectivity index (χ0) is 9.94. The summed E-state index contributed by atoms with van der Waals surface area (Å²) in [6, 6.07) is 0. The van der Waals surface area contributed by atoms with E-state index in [1.54, 1.807) is 12.2 Å². The Labute approximate surface area is 77.5 Å². The maximum absolute atomic E-state index is 10.4. The Morgan fingerprint density at radius 2 is 2.15 bits per heavy atom. The molecule has 0 bridgehead atoms. The molecule has 0 aliphatic rings. The summed E-state index contributed by atoms with van der Waals surface area (Å²) < 4.78 is 13.7. The second kappa shape index (κ2) is 8.62. The number of hydrogen-bond donors (Lipinski definition) is 0. The number of hydrogen-bond acceptors (Lipinski definition) is 4. The van der Waals surface area contributed by atoms with E-state index in [0.717, 1.165) is 0 Å². The number of rotatable bonds is 5. The fourth-order valence-electron chi connectivity index (χ4n) is 0.497. The Bertz CT molecular complexity index is 202. The Morgan fingerprint density at radius 1 is 1.46 bits per heavy atom. The van der Waals surface area contributed by atoms with E-state index in [1.807, 2.05) is 0 Å². The number of methoxy groups -OCH3 is 1. The molecule has 0 rings (SSSR count). The first-order valence-corrected chi connectivity index (χ1v) is 3.68. The third kappa shape index (κ3) is 8.44. The number of carbonyl (C=O) groups is 1. The van der Waals surface area contributed by atoms with Crippen molar-refractivity contribution in [2.24, 2.45) is 0 Å². The highest BCUT2D eigenvalue weighted by atomic mass is 16.7. The fraction of sp³-hybridized carbons (Fsp3) is 0.444. The molecule has 0 N–H and O–H groups in total. The quantitative estimate of drug-likeness (QED) is 0.276. The van der Waals surface area contributed by atoms with Gasteiger partial charge >= 0.3 is 6.16 Å². The molecule has 0 heterocycles. The molecule has 0 atom stereocenters. The summed E-state index contributed by atoms with van der Waals surface area (Å²) in [5.41, 5.74) is 0. The van der Waals surface area contributed by atoms with Gasteiger partial charge in [-0.1, -0.05) is 12.0 Å². The van der Waals surface area contributed by atoms with Crippen molar-refractivity contribution in [3.63, 3.8) is 0 Å². The summed E-state index contributed by atoms with van der Waals surface area (Å²) >= 11 is 0. The standard InChI is InChI=1S/C9H12O4/c1-3-6-12-7-4-5-8-13-9(10)11-2/h1,4-5H,6-8H2,2H3/b5-4-. The van der Waals surface area contributed by atoms with Crippen LogP contribution in [0.3, 0.4) is 0 Å². The molecule has 0 aromatic heterocycles. The smallest absolute Gasteiger partial charge is 0.438 e. The van der Waals surface area contributed by atoms with Gasteiger partial charge in [-0.05, 0) is 6.08 Å². The second-order valence-electron chi connectivity index (χ2n) is 1.96. The maximum Gasteiger partial charge on any atom is 0.508 e. The fourth-order valence-corrected chi connectivity index (χ4v) is 0.497. The van der Waals surface area contributed by atoms with Crippen LogP contribution in [0.15, 0.2) is 12.2 Å². The van der Waals surface area contributed by atoms with Gasteiger partial charge in [0.05, 0.1) is 13.7 Å². The van der Waals surface area contributed by atoms with Gasteiger partial charge in [0, 0.05) is 0 Å². The topological polar surface area (TPSA) is 44.8 Å². The van der Waals surface area contributed by atoms with Crippen LogP contribution in [0.1, 0.15) is 0 Å². The van der Waals surface area contributed by atoms with E-state index in [2.05, 4.69) is 15.4 Å². The summed E-state index contributed by atoms with van der Waals surface area (Å²) in [5.74, 6) is 2.32. The third-order valence-corrected chi connectivity index (χ3v) is 1.03. The molecule has 0 saturated carbocycles. The molecule has 0 aliphatic carbocycles. The van der Waals surface area contributed by atoms with Gasteiger partial charge in [-0.2, -0.15) is 0 Å². The molecule has 0 saturated heterocycles. The monoisotopic (exact) mass is 184 g/mol. The van der Waals surface area contributed by atoms with Crippen LogP contribution in [-0.2, 0) is 14.2 Å². The van der Waals surface area contributed by atoms with Gasteiger partial charge < -0.3 is 14.2 Å². The van der Waals surface area contributed by atoms with E-state index < -0.39 is 6.16 Å². The SMILES string of the molecule is C#CCOC/C=C\COC(=O)OC. The van der Waals surface area contributed by atoms with E-state index in [-0.39, 0.29) is 13.2 Å². The maximum atomic E-state index is 10.4. The van der Waals surface area contributed by atoms with Gasteiger partial charge in [-0.25, -0.2) is 4.79 Å². The minimum atomic E-state index is -0.700. The highest BCUT2D eigenvalue weighted by molar-refractivity contribution is 5.59. The van der Waals surface area contributed by atoms with E-state index in [0.29, 0.717) is 6.61 Å². The van der Waals surface area contributed by atoms with Crippen molar-refractivity contribution in [2.75, 3.05) is 26.9 Å². The van der Waals surface area contributed by atoms with Crippen molar-refractivity contribution < 1.29 is 19.0 Å². The predicted molar refractivity (Wildman–Crippen MR) is 47.1 cm³/mol. The van der Waals surface area contributed by atoms with Crippen LogP contribution < -0.4 is 0 Å². The van der Waals surface area contributed by atoms with Crippen LogP contribution >= 0.6 is 0 Å². The molecular formula is C9H12O4. The van der Waals surface area contributed by atoms with Crippen LogP contribution in [0.2, 0.25) is 0 Å².